The fraction of sp³-hybridized carbons (Fsp3) is 0.455. The summed E-state index contributed by atoms with van der Waals surface area (Å²) in [6.07, 6.45) is 4.81. The van der Waals surface area contributed by atoms with Crippen molar-refractivity contribution >= 4 is 11.6 Å². The van der Waals surface area contributed by atoms with E-state index < -0.39 is 12.6 Å². The molecule has 10 heteroatoms. The highest BCUT2D eigenvalue weighted by atomic mass is 16.7. The van der Waals surface area contributed by atoms with Gasteiger partial charge in [0.15, 0.2) is 11.6 Å². The molecule has 0 N–H and O–H groups in total. The monoisotopic (exact) mass is 592 g/mol. The molecule has 4 heterocycles. The second kappa shape index (κ2) is 13.1. The van der Waals surface area contributed by atoms with Crippen LogP contribution in [0.4, 0.5) is 0 Å². The molecule has 0 saturated heterocycles. The summed E-state index contributed by atoms with van der Waals surface area (Å²) >= 11 is 0. The summed E-state index contributed by atoms with van der Waals surface area (Å²) in [5.41, 5.74) is 1.93. The number of unbranched alkanes of at least 4 members (excludes halogenated alkanes) is 2. The van der Waals surface area contributed by atoms with Crippen molar-refractivity contribution in [3.63, 3.8) is 0 Å². The number of benzene rings is 2. The van der Waals surface area contributed by atoms with Gasteiger partial charge >= 0.3 is 0 Å². The number of hydrogen-bond donors (Lipinski definition) is 0. The standard InChI is InChI=1S/C33H36O10/c1-3-36-30-16-28-24(18-40-30)32(34)22-14-20(8-10-26(22)42-28)38-12-6-5-7-13-39-21-9-11-27-23(15-21)33(35)25-19-41-31(37-4-2)17-29(25)43-27/h8-11,14-15,18-19,28-31H,3-7,12-13,16-17H2,1-2H3/t28?,29?,30-,31+. The van der Waals surface area contributed by atoms with Crippen molar-refractivity contribution in [1.29, 1.82) is 0 Å². The summed E-state index contributed by atoms with van der Waals surface area (Å²) < 4.78 is 46.1. The van der Waals surface area contributed by atoms with Crippen LogP contribution in [0.3, 0.4) is 0 Å². The number of ether oxygens (including phenoxy) is 8. The van der Waals surface area contributed by atoms with Crippen LogP contribution < -0.4 is 18.9 Å². The zero-order valence-corrected chi connectivity index (χ0v) is 24.4. The Morgan fingerprint density at radius 3 is 1.58 bits per heavy atom. The number of fused-ring (bicyclic) bond motifs is 4. The Labute approximate surface area is 250 Å². The van der Waals surface area contributed by atoms with Crippen molar-refractivity contribution in [1.82, 2.24) is 0 Å². The maximum Gasteiger partial charge on any atom is 0.202 e. The topological polar surface area (TPSA) is 108 Å². The van der Waals surface area contributed by atoms with Gasteiger partial charge in [0, 0.05) is 13.2 Å². The minimum Gasteiger partial charge on any atom is -0.494 e. The van der Waals surface area contributed by atoms with E-state index in [1.54, 1.807) is 24.3 Å². The molecular formula is C33H36O10. The van der Waals surface area contributed by atoms with Crippen LogP contribution in [0.2, 0.25) is 0 Å². The Morgan fingerprint density at radius 1 is 0.674 bits per heavy atom. The highest BCUT2D eigenvalue weighted by Gasteiger charge is 2.39. The first-order valence-corrected chi connectivity index (χ1v) is 14.9. The summed E-state index contributed by atoms with van der Waals surface area (Å²) in [6.45, 7) is 5.86. The molecule has 0 radical (unpaired) electrons. The summed E-state index contributed by atoms with van der Waals surface area (Å²) in [7, 11) is 0. The number of carbonyl (C=O) groups excluding carboxylic acids is 2. The molecule has 0 aromatic heterocycles. The van der Waals surface area contributed by atoms with Crippen molar-refractivity contribution in [3.8, 4) is 23.0 Å². The van der Waals surface area contributed by atoms with Gasteiger partial charge in [0.1, 0.15) is 35.2 Å². The minimum absolute atomic E-state index is 0.113. The summed E-state index contributed by atoms with van der Waals surface area (Å²) in [4.78, 5) is 26.1. The lowest BCUT2D eigenvalue weighted by Gasteiger charge is -2.33. The molecule has 0 saturated carbocycles. The van der Waals surface area contributed by atoms with Gasteiger partial charge in [0.2, 0.25) is 12.6 Å². The molecule has 4 aliphatic heterocycles. The first kappa shape index (κ1) is 29.1. The van der Waals surface area contributed by atoms with Gasteiger partial charge in [-0.05, 0) is 69.5 Å². The molecule has 2 aromatic carbocycles. The molecule has 0 spiro atoms. The van der Waals surface area contributed by atoms with E-state index in [9.17, 15) is 9.59 Å². The highest BCUT2D eigenvalue weighted by Crippen LogP contribution is 2.38. The number of Topliss-reactive ketones (excluding diaryl/α,β-unsaturated/α-hetero) is 2. The average Bonchev–Trinajstić information content (AvgIpc) is 3.01. The fourth-order valence-electron chi connectivity index (χ4n) is 5.51. The van der Waals surface area contributed by atoms with Crippen LogP contribution >= 0.6 is 0 Å². The maximum absolute atomic E-state index is 13.0. The van der Waals surface area contributed by atoms with E-state index in [1.165, 1.54) is 12.5 Å². The van der Waals surface area contributed by atoms with Crippen LogP contribution in [0.5, 0.6) is 23.0 Å². The third-order valence-electron chi connectivity index (χ3n) is 7.69. The fourth-order valence-corrected chi connectivity index (χ4v) is 5.51. The zero-order valence-electron chi connectivity index (χ0n) is 24.4. The maximum atomic E-state index is 13.0. The van der Waals surface area contributed by atoms with Crippen LogP contribution in [0.25, 0.3) is 0 Å². The quantitative estimate of drug-likeness (QED) is 0.292. The minimum atomic E-state index is -0.411. The number of carbonyl (C=O) groups is 2. The molecule has 10 nitrogen and oxygen atoms in total. The van der Waals surface area contributed by atoms with Crippen LogP contribution in [0.15, 0.2) is 60.1 Å². The molecule has 4 atom stereocenters. The predicted molar refractivity (Wildman–Crippen MR) is 154 cm³/mol. The van der Waals surface area contributed by atoms with E-state index >= 15 is 0 Å². The molecule has 6 rings (SSSR count). The molecule has 2 aromatic rings. The molecule has 0 aliphatic carbocycles. The molecule has 0 fully saturated rings. The third kappa shape index (κ3) is 6.35. The van der Waals surface area contributed by atoms with Crippen LogP contribution in [-0.2, 0) is 18.9 Å². The molecular weight excluding hydrogens is 556 g/mol. The van der Waals surface area contributed by atoms with Gasteiger partial charge in [-0.25, -0.2) is 0 Å². The van der Waals surface area contributed by atoms with E-state index in [4.69, 9.17) is 37.9 Å². The molecule has 4 aliphatic rings. The van der Waals surface area contributed by atoms with Gasteiger partial charge in [-0.2, -0.15) is 0 Å². The zero-order chi connectivity index (χ0) is 29.8. The predicted octanol–water partition coefficient (Wildman–Crippen LogP) is 5.54. The van der Waals surface area contributed by atoms with Crippen molar-refractivity contribution in [3.05, 3.63) is 71.2 Å². The Hall–Kier alpha value is -4.02. The highest BCUT2D eigenvalue weighted by molar-refractivity contribution is 6.13. The lowest BCUT2D eigenvalue weighted by Crippen LogP contribution is -2.38. The van der Waals surface area contributed by atoms with Crippen molar-refractivity contribution in [2.75, 3.05) is 26.4 Å². The Balaban J connectivity index is 0.937. The molecule has 43 heavy (non-hydrogen) atoms. The molecule has 0 bridgehead atoms. The van der Waals surface area contributed by atoms with Crippen LogP contribution in [-0.4, -0.2) is 62.8 Å². The van der Waals surface area contributed by atoms with Gasteiger partial charge in [0.05, 0.1) is 60.9 Å². The SMILES string of the molecule is CCO[C@@H]1CC2Oc3ccc(OCCCCCOc4ccc5c(c4)C(=O)C4=CO[C@@H](OCC)CC4O5)cc3C(=O)C2=CO1. The lowest BCUT2D eigenvalue weighted by atomic mass is 9.93. The Bertz CT molecular complexity index is 1310. The average molecular weight is 593 g/mol. The third-order valence-corrected chi connectivity index (χ3v) is 7.69. The van der Waals surface area contributed by atoms with Gasteiger partial charge in [0.25, 0.3) is 0 Å². The normalized spacial score (nSPS) is 23.5. The van der Waals surface area contributed by atoms with Gasteiger partial charge < -0.3 is 37.9 Å². The smallest absolute Gasteiger partial charge is 0.202 e. The number of ketones is 2. The first-order chi connectivity index (χ1) is 21.0. The lowest BCUT2D eigenvalue weighted by molar-refractivity contribution is -0.127. The van der Waals surface area contributed by atoms with E-state index in [0.29, 0.717) is 84.5 Å². The second-order valence-corrected chi connectivity index (χ2v) is 10.6. The second-order valence-electron chi connectivity index (χ2n) is 10.6. The van der Waals surface area contributed by atoms with Crippen molar-refractivity contribution < 1.29 is 47.5 Å². The molecule has 2 unspecified atom stereocenters. The van der Waals surface area contributed by atoms with E-state index in [1.807, 2.05) is 26.0 Å². The number of hydrogen-bond acceptors (Lipinski definition) is 10. The van der Waals surface area contributed by atoms with Gasteiger partial charge in [-0.3, -0.25) is 9.59 Å². The van der Waals surface area contributed by atoms with Crippen LogP contribution in [0, 0.1) is 0 Å². The summed E-state index contributed by atoms with van der Waals surface area (Å²) in [5, 5.41) is 0. The molecule has 0 amide bonds. The van der Waals surface area contributed by atoms with E-state index in [0.717, 1.165) is 19.3 Å². The Kier molecular flexibility index (Phi) is 8.85. The van der Waals surface area contributed by atoms with Crippen molar-refractivity contribution in [2.24, 2.45) is 0 Å². The molecule has 228 valence electrons. The van der Waals surface area contributed by atoms with Gasteiger partial charge in [-0.1, -0.05) is 0 Å². The van der Waals surface area contributed by atoms with E-state index in [-0.39, 0.29) is 23.8 Å². The Morgan fingerprint density at radius 2 is 1.14 bits per heavy atom. The van der Waals surface area contributed by atoms with Crippen molar-refractivity contribution in [2.45, 2.75) is 70.7 Å². The van der Waals surface area contributed by atoms with Crippen LogP contribution in [0.1, 0.15) is 66.7 Å². The van der Waals surface area contributed by atoms with E-state index in [2.05, 4.69) is 0 Å². The largest absolute Gasteiger partial charge is 0.494 e. The first-order valence-electron chi connectivity index (χ1n) is 14.9. The number of rotatable bonds is 12. The van der Waals surface area contributed by atoms with Gasteiger partial charge in [-0.15, -0.1) is 0 Å². The summed E-state index contributed by atoms with van der Waals surface area (Å²) in [5.74, 6) is 2.09. The summed E-state index contributed by atoms with van der Waals surface area (Å²) in [6, 6.07) is 10.6.